The van der Waals surface area contributed by atoms with Crippen LogP contribution < -0.4 is 22.5 Å². The number of carboxylic acid groups (broad SMARTS) is 1. The van der Waals surface area contributed by atoms with Gasteiger partial charge in [-0.05, 0) is 32.1 Å². The zero-order chi connectivity index (χ0) is 18.1. The van der Waals surface area contributed by atoms with Gasteiger partial charge in [0.1, 0.15) is 6.04 Å². The highest BCUT2D eigenvalue weighted by Gasteiger charge is 2.31. The van der Waals surface area contributed by atoms with Crippen molar-refractivity contribution in [2.45, 2.75) is 44.2 Å². The van der Waals surface area contributed by atoms with E-state index in [0.717, 1.165) is 12.8 Å². The minimum atomic E-state index is -1.02. The number of nitrogens with one attached hydrogen (secondary N) is 1. The average Bonchev–Trinajstić information content (AvgIpc) is 2.55. The largest absolute Gasteiger partial charge is 0.480 e. The van der Waals surface area contributed by atoms with E-state index in [9.17, 15) is 14.4 Å². The quantitative estimate of drug-likeness (QED) is 0.191. The number of amides is 2. The van der Waals surface area contributed by atoms with Crippen molar-refractivity contribution in [1.82, 2.24) is 10.2 Å². The van der Waals surface area contributed by atoms with E-state index in [-0.39, 0.29) is 12.5 Å². The number of nitrogens with zero attached hydrogens (tertiary/aromatic N) is 2. The van der Waals surface area contributed by atoms with Crippen LogP contribution in [0.15, 0.2) is 4.99 Å². The van der Waals surface area contributed by atoms with Crippen molar-refractivity contribution in [2.24, 2.45) is 22.2 Å². The Hall–Kier alpha value is -2.36. The third kappa shape index (κ3) is 6.41. The van der Waals surface area contributed by atoms with Gasteiger partial charge in [-0.3, -0.25) is 14.6 Å². The molecule has 1 saturated heterocycles. The maximum atomic E-state index is 12.1. The van der Waals surface area contributed by atoms with Gasteiger partial charge in [0, 0.05) is 13.1 Å². The first-order valence-electron chi connectivity index (χ1n) is 7.94. The third-order valence-corrected chi connectivity index (χ3v) is 3.83. The molecule has 1 rings (SSSR count). The molecular formula is C14H26N6O4. The maximum Gasteiger partial charge on any atom is 0.326 e. The van der Waals surface area contributed by atoms with Gasteiger partial charge in [-0.1, -0.05) is 0 Å². The van der Waals surface area contributed by atoms with E-state index >= 15 is 0 Å². The Morgan fingerprint density at radius 1 is 1.29 bits per heavy atom. The van der Waals surface area contributed by atoms with Crippen molar-refractivity contribution >= 4 is 23.7 Å². The molecule has 136 valence electrons. The second kappa shape index (κ2) is 9.71. The van der Waals surface area contributed by atoms with Crippen LogP contribution in [-0.4, -0.2) is 65.5 Å². The van der Waals surface area contributed by atoms with Crippen LogP contribution in [0, 0.1) is 0 Å². The average molecular weight is 342 g/mol. The Kier molecular flexibility index (Phi) is 7.96. The van der Waals surface area contributed by atoms with Crippen LogP contribution in [0.4, 0.5) is 0 Å². The maximum absolute atomic E-state index is 12.1. The van der Waals surface area contributed by atoms with Crippen LogP contribution in [0.25, 0.3) is 0 Å². The number of carbonyl (C=O) groups excluding carboxylic acids is 2. The molecule has 0 aromatic heterocycles. The number of hydrogen-bond acceptors (Lipinski definition) is 5. The smallest absolute Gasteiger partial charge is 0.326 e. The lowest BCUT2D eigenvalue weighted by molar-refractivity contribution is -0.151. The number of aliphatic imine (C=N–C) groups is 1. The van der Waals surface area contributed by atoms with Gasteiger partial charge in [-0.25, -0.2) is 4.79 Å². The standard InChI is InChI=1S/C14H26N6O4/c15-9(4-3-6-18-14(16)17)12(22)19-8-11(21)20-7-2-1-5-10(20)13(23)24/h9-10H,1-8,15H2,(H,19,22)(H,23,24)(H4,16,17,18)/t9-,10-/m0/s1. The summed E-state index contributed by atoms with van der Waals surface area (Å²) in [5.74, 6) is -1.92. The van der Waals surface area contributed by atoms with Crippen molar-refractivity contribution in [1.29, 1.82) is 0 Å². The molecule has 0 aromatic rings. The highest BCUT2D eigenvalue weighted by molar-refractivity contribution is 5.89. The predicted molar refractivity (Wildman–Crippen MR) is 87.9 cm³/mol. The molecule has 0 saturated carbocycles. The summed E-state index contributed by atoms with van der Waals surface area (Å²) >= 11 is 0. The van der Waals surface area contributed by atoms with E-state index in [0.29, 0.717) is 32.4 Å². The molecule has 0 spiro atoms. The van der Waals surface area contributed by atoms with Gasteiger partial charge in [0.05, 0.1) is 12.6 Å². The van der Waals surface area contributed by atoms with Crippen molar-refractivity contribution in [3.8, 4) is 0 Å². The molecule has 8 N–H and O–H groups in total. The number of aliphatic carboxylic acids is 1. The summed E-state index contributed by atoms with van der Waals surface area (Å²) in [4.78, 5) is 40.3. The summed E-state index contributed by atoms with van der Waals surface area (Å²) in [5.41, 5.74) is 16.1. The van der Waals surface area contributed by atoms with Crippen molar-refractivity contribution in [2.75, 3.05) is 19.6 Å². The van der Waals surface area contributed by atoms with E-state index in [1.54, 1.807) is 0 Å². The fourth-order valence-corrected chi connectivity index (χ4v) is 2.53. The zero-order valence-corrected chi connectivity index (χ0v) is 13.6. The highest BCUT2D eigenvalue weighted by atomic mass is 16.4. The first kappa shape index (κ1) is 19.7. The number of carboxylic acids is 1. The Morgan fingerprint density at radius 2 is 2.00 bits per heavy atom. The van der Waals surface area contributed by atoms with Crippen LogP contribution in [0.5, 0.6) is 0 Å². The highest BCUT2D eigenvalue weighted by Crippen LogP contribution is 2.17. The lowest BCUT2D eigenvalue weighted by Crippen LogP contribution is -2.52. The summed E-state index contributed by atoms with van der Waals surface area (Å²) in [7, 11) is 0. The first-order chi connectivity index (χ1) is 11.3. The summed E-state index contributed by atoms with van der Waals surface area (Å²) in [6, 6.07) is -1.60. The summed E-state index contributed by atoms with van der Waals surface area (Å²) in [6.07, 6.45) is 2.87. The van der Waals surface area contributed by atoms with Gasteiger partial charge in [0.25, 0.3) is 0 Å². The number of piperidine rings is 1. The number of guanidine groups is 1. The van der Waals surface area contributed by atoms with E-state index in [4.69, 9.17) is 22.3 Å². The predicted octanol–water partition coefficient (Wildman–Crippen LogP) is -2.05. The van der Waals surface area contributed by atoms with Gasteiger partial charge < -0.3 is 32.5 Å². The number of rotatable bonds is 8. The lowest BCUT2D eigenvalue weighted by atomic mass is 10.0. The fraction of sp³-hybridized carbons (Fsp3) is 0.714. The Balaban J connectivity index is 2.38. The third-order valence-electron chi connectivity index (χ3n) is 3.83. The second-order valence-corrected chi connectivity index (χ2v) is 5.71. The summed E-state index contributed by atoms with van der Waals surface area (Å²) in [5, 5.41) is 11.6. The molecule has 0 bridgehead atoms. The summed E-state index contributed by atoms with van der Waals surface area (Å²) < 4.78 is 0. The number of carbonyl (C=O) groups is 3. The molecule has 0 radical (unpaired) electrons. The van der Waals surface area contributed by atoms with Crippen LogP contribution in [0.2, 0.25) is 0 Å². The molecule has 1 aliphatic heterocycles. The van der Waals surface area contributed by atoms with Gasteiger partial charge in [0.15, 0.2) is 5.96 Å². The lowest BCUT2D eigenvalue weighted by Gasteiger charge is -2.33. The van der Waals surface area contributed by atoms with Crippen LogP contribution in [0.1, 0.15) is 32.1 Å². The monoisotopic (exact) mass is 342 g/mol. The molecule has 10 heteroatoms. The first-order valence-corrected chi connectivity index (χ1v) is 7.94. The molecule has 0 unspecified atom stereocenters. The van der Waals surface area contributed by atoms with Crippen molar-refractivity contribution in [3.63, 3.8) is 0 Å². The normalized spacial score (nSPS) is 18.5. The SMILES string of the molecule is NC(N)=NCCC[C@H](N)C(=O)NCC(=O)N1CCCC[C@H]1C(=O)O. The molecule has 1 heterocycles. The molecule has 10 nitrogen and oxygen atoms in total. The van der Waals surface area contributed by atoms with Crippen LogP contribution >= 0.6 is 0 Å². The molecule has 0 aromatic carbocycles. The molecule has 0 aliphatic carbocycles. The minimum Gasteiger partial charge on any atom is -0.480 e. The van der Waals surface area contributed by atoms with E-state index in [1.807, 2.05) is 0 Å². The molecule has 1 fully saturated rings. The van der Waals surface area contributed by atoms with Gasteiger partial charge in [-0.15, -0.1) is 0 Å². The minimum absolute atomic E-state index is 0.0202. The van der Waals surface area contributed by atoms with E-state index in [2.05, 4.69) is 10.3 Å². The Morgan fingerprint density at radius 3 is 2.62 bits per heavy atom. The molecular weight excluding hydrogens is 316 g/mol. The topological polar surface area (TPSA) is 177 Å². The van der Waals surface area contributed by atoms with Gasteiger partial charge >= 0.3 is 5.97 Å². The van der Waals surface area contributed by atoms with Crippen molar-refractivity contribution in [3.05, 3.63) is 0 Å². The number of nitrogens with two attached hydrogens (primary N) is 3. The molecule has 1 aliphatic rings. The molecule has 24 heavy (non-hydrogen) atoms. The van der Waals surface area contributed by atoms with Gasteiger partial charge in [0.2, 0.25) is 11.8 Å². The molecule has 2 atom stereocenters. The summed E-state index contributed by atoms with van der Waals surface area (Å²) in [6.45, 7) is 0.497. The second-order valence-electron chi connectivity index (χ2n) is 5.71. The van der Waals surface area contributed by atoms with E-state index in [1.165, 1.54) is 4.90 Å². The van der Waals surface area contributed by atoms with E-state index < -0.39 is 29.9 Å². The number of hydrogen-bond donors (Lipinski definition) is 5. The Bertz CT molecular complexity index is 492. The number of likely N-dealkylation sites (tertiary alicyclic amines) is 1. The molecule has 2 amide bonds. The van der Waals surface area contributed by atoms with Crippen molar-refractivity contribution < 1.29 is 19.5 Å². The fourth-order valence-electron chi connectivity index (χ4n) is 2.53. The zero-order valence-electron chi connectivity index (χ0n) is 13.6. The van der Waals surface area contributed by atoms with Gasteiger partial charge in [-0.2, -0.15) is 0 Å². The van der Waals surface area contributed by atoms with Crippen LogP contribution in [-0.2, 0) is 14.4 Å². The van der Waals surface area contributed by atoms with Crippen LogP contribution in [0.3, 0.4) is 0 Å². The Labute approximate surface area is 140 Å².